The highest BCUT2D eigenvalue weighted by Crippen LogP contribution is 2.49. The van der Waals surface area contributed by atoms with Crippen LogP contribution in [0, 0.1) is 23.2 Å². The van der Waals surface area contributed by atoms with Crippen LogP contribution in [0.2, 0.25) is 0 Å². The van der Waals surface area contributed by atoms with Gasteiger partial charge in [-0.15, -0.1) is 0 Å². The second-order valence-electron chi connectivity index (χ2n) is 7.69. The monoisotopic (exact) mass is 356 g/mol. The number of aliphatic hydroxyl groups excluding tert-OH is 2. The van der Waals surface area contributed by atoms with E-state index in [2.05, 4.69) is 11.8 Å². The number of rotatable bonds is 3. The van der Waals surface area contributed by atoms with Crippen molar-refractivity contribution in [2.75, 3.05) is 6.61 Å². The Morgan fingerprint density at radius 2 is 2.00 bits per heavy atom. The van der Waals surface area contributed by atoms with Gasteiger partial charge in [0, 0.05) is 11.3 Å². The van der Waals surface area contributed by atoms with Crippen LogP contribution in [0.1, 0.15) is 50.9 Å². The molecular formula is C22H28O4. The lowest BCUT2D eigenvalue weighted by Crippen LogP contribution is -2.57. The first-order valence-corrected chi connectivity index (χ1v) is 8.99. The Labute approximate surface area is 155 Å². The summed E-state index contributed by atoms with van der Waals surface area (Å²) in [5.41, 5.74) is -0.354. The molecule has 26 heavy (non-hydrogen) atoms. The molecule has 0 saturated heterocycles. The van der Waals surface area contributed by atoms with Crippen molar-refractivity contribution in [3.63, 3.8) is 0 Å². The number of esters is 1. The molecule has 0 bridgehead atoms. The molecule has 1 aromatic rings. The number of carbonyl (C=O) groups is 1. The summed E-state index contributed by atoms with van der Waals surface area (Å²) in [6, 6.07) is 8.87. The molecule has 0 unspecified atom stereocenters. The van der Waals surface area contributed by atoms with Crippen molar-refractivity contribution in [2.24, 2.45) is 11.3 Å². The topological polar surface area (TPSA) is 66.8 Å². The van der Waals surface area contributed by atoms with Gasteiger partial charge in [0.05, 0.1) is 18.3 Å². The molecule has 1 aliphatic carbocycles. The van der Waals surface area contributed by atoms with E-state index < -0.39 is 23.1 Å². The van der Waals surface area contributed by atoms with Crippen molar-refractivity contribution >= 4 is 5.97 Å². The van der Waals surface area contributed by atoms with Crippen molar-refractivity contribution < 1.29 is 19.7 Å². The van der Waals surface area contributed by atoms with Crippen molar-refractivity contribution in [1.82, 2.24) is 0 Å². The van der Waals surface area contributed by atoms with E-state index in [1.165, 1.54) is 0 Å². The molecule has 1 fully saturated rings. The van der Waals surface area contributed by atoms with Gasteiger partial charge in [0.2, 0.25) is 0 Å². The van der Waals surface area contributed by atoms with Crippen LogP contribution in [0.15, 0.2) is 42.0 Å². The highest BCUT2D eigenvalue weighted by molar-refractivity contribution is 5.90. The molecule has 1 aromatic carbocycles. The van der Waals surface area contributed by atoms with Crippen LogP contribution in [0.5, 0.6) is 0 Å². The van der Waals surface area contributed by atoms with Crippen LogP contribution in [0.4, 0.5) is 0 Å². The lowest BCUT2D eigenvalue weighted by Gasteiger charge is -2.51. The van der Waals surface area contributed by atoms with Gasteiger partial charge in [-0.25, -0.2) is 4.79 Å². The highest BCUT2D eigenvalue weighted by atomic mass is 16.6. The summed E-state index contributed by atoms with van der Waals surface area (Å²) >= 11 is 0. The van der Waals surface area contributed by atoms with Crippen LogP contribution >= 0.6 is 0 Å². The fraction of sp³-hybridized carbons (Fsp3) is 0.500. The zero-order valence-corrected chi connectivity index (χ0v) is 16.0. The number of ether oxygens (including phenoxy) is 1. The molecule has 0 spiro atoms. The molecule has 2 N–H and O–H groups in total. The van der Waals surface area contributed by atoms with Crippen LogP contribution in [-0.4, -0.2) is 34.5 Å². The first kappa shape index (κ1) is 20.2. The minimum atomic E-state index is -1.02. The van der Waals surface area contributed by atoms with E-state index in [1.54, 1.807) is 30.3 Å². The molecule has 0 radical (unpaired) electrons. The third-order valence-electron chi connectivity index (χ3n) is 5.18. The summed E-state index contributed by atoms with van der Waals surface area (Å²) in [4.78, 5) is 12.8. The molecule has 4 heteroatoms. The van der Waals surface area contributed by atoms with Gasteiger partial charge in [-0.3, -0.25) is 0 Å². The van der Waals surface area contributed by atoms with Gasteiger partial charge in [-0.05, 0) is 49.5 Å². The molecule has 140 valence electrons. The molecule has 4 nitrogen and oxygen atoms in total. The second kappa shape index (κ2) is 8.07. The smallest absolute Gasteiger partial charge is 0.339 e. The largest absolute Gasteiger partial charge is 0.441 e. The van der Waals surface area contributed by atoms with E-state index in [1.807, 2.05) is 33.8 Å². The maximum absolute atomic E-state index is 12.8. The quantitative estimate of drug-likeness (QED) is 0.644. The number of hydrogen-bond donors (Lipinski definition) is 2. The molecule has 0 heterocycles. The van der Waals surface area contributed by atoms with E-state index in [4.69, 9.17) is 9.84 Å². The number of carbonyl (C=O) groups excluding carboxylic acids is 1. The molecule has 0 amide bonds. The molecule has 3 atom stereocenters. The van der Waals surface area contributed by atoms with Gasteiger partial charge >= 0.3 is 5.97 Å². The van der Waals surface area contributed by atoms with E-state index in [-0.39, 0.29) is 12.5 Å². The van der Waals surface area contributed by atoms with E-state index >= 15 is 0 Å². The Bertz CT molecular complexity index is 724. The number of aliphatic hydroxyl groups is 2. The number of hydrogen-bond acceptors (Lipinski definition) is 4. The molecule has 2 rings (SSSR count). The van der Waals surface area contributed by atoms with Gasteiger partial charge in [0.1, 0.15) is 0 Å². The van der Waals surface area contributed by atoms with E-state index in [0.29, 0.717) is 18.4 Å². The Kier molecular flexibility index (Phi) is 6.28. The van der Waals surface area contributed by atoms with Gasteiger partial charge in [-0.2, -0.15) is 0 Å². The normalized spacial score (nSPS) is 28.0. The average Bonchev–Trinajstić information content (AvgIpc) is 2.57. The molecular weight excluding hydrogens is 328 g/mol. The summed E-state index contributed by atoms with van der Waals surface area (Å²) in [7, 11) is 0. The fourth-order valence-corrected chi connectivity index (χ4v) is 3.78. The third-order valence-corrected chi connectivity index (χ3v) is 5.18. The van der Waals surface area contributed by atoms with Gasteiger partial charge in [-0.1, -0.05) is 44.9 Å². The summed E-state index contributed by atoms with van der Waals surface area (Å²) in [6.07, 6.45) is 2.19. The van der Waals surface area contributed by atoms with Crippen LogP contribution < -0.4 is 0 Å². The summed E-state index contributed by atoms with van der Waals surface area (Å²) in [5.74, 6) is 5.69. The predicted octanol–water partition coefficient (Wildman–Crippen LogP) is 3.34. The lowest BCUT2D eigenvalue weighted by molar-refractivity contribution is -0.128. The predicted molar refractivity (Wildman–Crippen MR) is 101 cm³/mol. The maximum atomic E-state index is 12.8. The van der Waals surface area contributed by atoms with Crippen LogP contribution in [-0.2, 0) is 4.74 Å². The van der Waals surface area contributed by atoms with Crippen molar-refractivity contribution in [2.45, 2.75) is 52.2 Å². The van der Waals surface area contributed by atoms with Crippen molar-refractivity contribution in [3.05, 3.63) is 47.5 Å². The summed E-state index contributed by atoms with van der Waals surface area (Å²) < 4.78 is 6.06. The lowest BCUT2D eigenvalue weighted by atomic mass is 9.60. The second-order valence-corrected chi connectivity index (χ2v) is 7.69. The summed E-state index contributed by atoms with van der Waals surface area (Å²) in [6.45, 7) is 7.64. The minimum absolute atomic E-state index is 0.0883. The number of allylic oxidation sites excluding steroid dienone is 1. The zero-order valence-electron chi connectivity index (χ0n) is 16.0. The van der Waals surface area contributed by atoms with E-state index in [0.717, 1.165) is 5.57 Å². The fourth-order valence-electron chi connectivity index (χ4n) is 3.78. The standard InChI is InChI=1S/C22H28O4/c1-16(11-13-23)10-12-22(17(2)14-19(24)15-21(22,3)4)26-20(25)18-8-6-5-7-9-18/h5-9,11,17,19,23-24H,13-15H2,1-4H3/t17-,19-,22+/m1/s1. The average molecular weight is 356 g/mol. The summed E-state index contributed by atoms with van der Waals surface area (Å²) in [5, 5.41) is 19.3. The van der Waals surface area contributed by atoms with Gasteiger partial charge in [0.25, 0.3) is 0 Å². The van der Waals surface area contributed by atoms with Gasteiger partial charge in [0.15, 0.2) is 5.60 Å². The Hall–Kier alpha value is -2.09. The Morgan fingerprint density at radius 1 is 1.35 bits per heavy atom. The highest BCUT2D eigenvalue weighted by Gasteiger charge is 2.55. The minimum Gasteiger partial charge on any atom is -0.441 e. The first-order valence-electron chi connectivity index (χ1n) is 8.99. The van der Waals surface area contributed by atoms with Crippen molar-refractivity contribution in [3.8, 4) is 11.8 Å². The Morgan fingerprint density at radius 3 is 2.58 bits per heavy atom. The number of benzene rings is 1. The first-order chi connectivity index (χ1) is 12.2. The molecule has 1 saturated carbocycles. The Balaban J connectivity index is 2.48. The van der Waals surface area contributed by atoms with Crippen molar-refractivity contribution in [1.29, 1.82) is 0 Å². The van der Waals surface area contributed by atoms with Crippen LogP contribution in [0.25, 0.3) is 0 Å². The van der Waals surface area contributed by atoms with Crippen LogP contribution in [0.3, 0.4) is 0 Å². The molecule has 0 aromatic heterocycles. The molecule has 0 aliphatic heterocycles. The van der Waals surface area contributed by atoms with E-state index in [9.17, 15) is 9.90 Å². The SMILES string of the molecule is CC(C#C[C@]1(OC(=O)c2ccccc2)[C@H](C)C[C@@H](O)CC1(C)C)=CCO. The van der Waals surface area contributed by atoms with Gasteiger partial charge < -0.3 is 14.9 Å². The molecule has 1 aliphatic rings. The maximum Gasteiger partial charge on any atom is 0.339 e. The zero-order chi connectivity index (χ0) is 19.4. The third kappa shape index (κ3) is 4.17.